The van der Waals surface area contributed by atoms with E-state index in [9.17, 15) is 0 Å². The molecule has 2 rings (SSSR count). The molecule has 0 aromatic carbocycles. The number of nitrogens with zero attached hydrogens (tertiary/aromatic N) is 2. The van der Waals surface area contributed by atoms with Gasteiger partial charge in [0.1, 0.15) is 5.01 Å². The highest BCUT2D eigenvalue weighted by molar-refractivity contribution is 9.11. The van der Waals surface area contributed by atoms with Gasteiger partial charge in [0, 0.05) is 24.5 Å². The van der Waals surface area contributed by atoms with Gasteiger partial charge in [-0.15, -0.1) is 11.3 Å². The number of thiazole rings is 1. The van der Waals surface area contributed by atoms with E-state index >= 15 is 0 Å². The second kappa shape index (κ2) is 4.83. The molecular formula is C10H10BrN3S. The highest BCUT2D eigenvalue weighted by Crippen LogP contribution is 2.31. The number of hydrogen-bond acceptors (Lipinski definition) is 4. The zero-order valence-electron chi connectivity index (χ0n) is 8.20. The van der Waals surface area contributed by atoms with Crippen molar-refractivity contribution in [1.29, 1.82) is 0 Å². The molecule has 0 spiro atoms. The van der Waals surface area contributed by atoms with E-state index in [1.807, 2.05) is 25.4 Å². The van der Waals surface area contributed by atoms with Crippen molar-refractivity contribution in [2.24, 2.45) is 0 Å². The first kappa shape index (κ1) is 10.7. The predicted octanol–water partition coefficient (Wildman–Crippen LogP) is 2.69. The Hall–Kier alpha value is -0.780. The largest absolute Gasteiger partial charge is 0.314 e. The number of pyridine rings is 1. The molecule has 0 fully saturated rings. The third kappa shape index (κ3) is 2.42. The minimum Gasteiger partial charge on any atom is -0.314 e. The van der Waals surface area contributed by atoms with Crippen molar-refractivity contribution in [3.05, 3.63) is 34.0 Å². The Bertz CT molecular complexity index is 441. The molecule has 0 unspecified atom stereocenters. The Balaban J connectivity index is 2.34. The topological polar surface area (TPSA) is 37.8 Å². The summed E-state index contributed by atoms with van der Waals surface area (Å²) in [5.74, 6) is 0. The van der Waals surface area contributed by atoms with Crippen LogP contribution in [-0.2, 0) is 6.54 Å². The molecule has 78 valence electrons. The SMILES string of the molecule is CNCc1nc(-c2cccnc2)sc1Br. The zero-order chi connectivity index (χ0) is 10.7. The van der Waals surface area contributed by atoms with E-state index in [0.717, 1.165) is 26.6 Å². The summed E-state index contributed by atoms with van der Waals surface area (Å²) in [6, 6.07) is 3.93. The average Bonchev–Trinajstić information content (AvgIpc) is 2.63. The van der Waals surface area contributed by atoms with Crippen LogP contribution in [0.2, 0.25) is 0 Å². The van der Waals surface area contributed by atoms with Crippen LogP contribution in [0.1, 0.15) is 5.69 Å². The molecule has 2 aromatic heterocycles. The van der Waals surface area contributed by atoms with Gasteiger partial charge < -0.3 is 5.32 Å². The van der Waals surface area contributed by atoms with E-state index in [-0.39, 0.29) is 0 Å². The highest BCUT2D eigenvalue weighted by Gasteiger charge is 2.09. The van der Waals surface area contributed by atoms with Crippen LogP contribution in [-0.4, -0.2) is 17.0 Å². The van der Waals surface area contributed by atoms with Crippen LogP contribution in [0.25, 0.3) is 10.6 Å². The number of rotatable bonds is 3. The fourth-order valence-corrected chi connectivity index (χ4v) is 2.71. The van der Waals surface area contributed by atoms with Crippen molar-refractivity contribution in [1.82, 2.24) is 15.3 Å². The molecule has 0 amide bonds. The van der Waals surface area contributed by atoms with Gasteiger partial charge in [0.05, 0.1) is 9.48 Å². The van der Waals surface area contributed by atoms with E-state index in [1.165, 1.54) is 0 Å². The van der Waals surface area contributed by atoms with E-state index in [2.05, 4.69) is 31.2 Å². The number of nitrogens with one attached hydrogen (secondary N) is 1. The van der Waals surface area contributed by atoms with Crippen LogP contribution in [0, 0.1) is 0 Å². The maximum Gasteiger partial charge on any atom is 0.126 e. The molecule has 5 heteroatoms. The summed E-state index contributed by atoms with van der Waals surface area (Å²) in [7, 11) is 1.91. The predicted molar refractivity (Wildman–Crippen MR) is 65.8 cm³/mol. The maximum absolute atomic E-state index is 4.54. The molecule has 0 aliphatic heterocycles. The lowest BCUT2D eigenvalue weighted by Gasteiger charge is -1.94. The summed E-state index contributed by atoms with van der Waals surface area (Å²) >= 11 is 5.14. The molecule has 3 nitrogen and oxygen atoms in total. The van der Waals surface area contributed by atoms with Gasteiger partial charge >= 0.3 is 0 Å². The lowest BCUT2D eigenvalue weighted by Crippen LogP contribution is -2.05. The van der Waals surface area contributed by atoms with Crippen molar-refractivity contribution in [3.8, 4) is 10.6 Å². The average molecular weight is 284 g/mol. The minimum atomic E-state index is 0.775. The first-order valence-corrected chi connectivity index (χ1v) is 6.12. The summed E-state index contributed by atoms with van der Waals surface area (Å²) in [5, 5.41) is 4.09. The third-order valence-electron chi connectivity index (χ3n) is 1.90. The number of halogens is 1. The summed E-state index contributed by atoms with van der Waals surface area (Å²) in [6.07, 6.45) is 3.59. The van der Waals surface area contributed by atoms with Crippen LogP contribution < -0.4 is 5.32 Å². The molecule has 2 aromatic rings. The minimum absolute atomic E-state index is 0.775. The monoisotopic (exact) mass is 283 g/mol. The van der Waals surface area contributed by atoms with Gasteiger partial charge in [-0.3, -0.25) is 4.98 Å². The third-order valence-corrected chi connectivity index (χ3v) is 3.78. The molecule has 15 heavy (non-hydrogen) atoms. The second-order valence-corrected chi connectivity index (χ2v) is 5.33. The van der Waals surface area contributed by atoms with E-state index in [0.29, 0.717) is 0 Å². The molecule has 0 saturated carbocycles. The van der Waals surface area contributed by atoms with Gasteiger partial charge in [0.25, 0.3) is 0 Å². The van der Waals surface area contributed by atoms with Crippen LogP contribution in [0.4, 0.5) is 0 Å². The van der Waals surface area contributed by atoms with Crippen molar-refractivity contribution in [2.75, 3.05) is 7.05 Å². The molecule has 0 atom stereocenters. The van der Waals surface area contributed by atoms with E-state index in [1.54, 1.807) is 17.5 Å². The van der Waals surface area contributed by atoms with E-state index in [4.69, 9.17) is 0 Å². The Labute approximate surface area is 101 Å². The van der Waals surface area contributed by atoms with Crippen molar-refractivity contribution in [3.63, 3.8) is 0 Å². The lowest BCUT2D eigenvalue weighted by atomic mass is 10.3. The lowest BCUT2D eigenvalue weighted by molar-refractivity contribution is 0.795. The molecular weight excluding hydrogens is 274 g/mol. The molecule has 2 heterocycles. The van der Waals surface area contributed by atoms with Gasteiger partial charge in [-0.25, -0.2) is 4.98 Å². The van der Waals surface area contributed by atoms with Gasteiger partial charge in [-0.2, -0.15) is 0 Å². The van der Waals surface area contributed by atoms with Crippen LogP contribution in [0.5, 0.6) is 0 Å². The summed E-state index contributed by atoms with van der Waals surface area (Å²) in [5.41, 5.74) is 2.10. The normalized spacial score (nSPS) is 10.5. The first-order chi connectivity index (χ1) is 7.31. The fraction of sp³-hybridized carbons (Fsp3) is 0.200. The molecule has 0 radical (unpaired) electrons. The standard InChI is InChI=1S/C10H10BrN3S/c1-12-6-8-9(11)15-10(14-8)7-3-2-4-13-5-7/h2-5,12H,6H2,1H3. The Kier molecular flexibility index (Phi) is 3.45. The van der Waals surface area contributed by atoms with Gasteiger partial charge in [-0.1, -0.05) is 0 Å². The highest BCUT2D eigenvalue weighted by atomic mass is 79.9. The Morgan fingerprint density at radius 2 is 2.40 bits per heavy atom. The molecule has 0 bridgehead atoms. The van der Waals surface area contributed by atoms with Crippen LogP contribution in [0.15, 0.2) is 28.3 Å². The van der Waals surface area contributed by atoms with Crippen molar-refractivity contribution < 1.29 is 0 Å². The van der Waals surface area contributed by atoms with Crippen molar-refractivity contribution in [2.45, 2.75) is 6.54 Å². The smallest absolute Gasteiger partial charge is 0.126 e. The number of aromatic nitrogens is 2. The molecule has 1 N–H and O–H groups in total. The molecule has 0 aliphatic rings. The van der Waals surface area contributed by atoms with E-state index < -0.39 is 0 Å². The summed E-state index contributed by atoms with van der Waals surface area (Å²) in [6.45, 7) is 0.775. The first-order valence-electron chi connectivity index (χ1n) is 4.51. The Morgan fingerprint density at radius 3 is 3.07 bits per heavy atom. The maximum atomic E-state index is 4.54. The summed E-state index contributed by atoms with van der Waals surface area (Å²) < 4.78 is 1.08. The van der Waals surface area contributed by atoms with Gasteiger partial charge in [-0.05, 0) is 35.1 Å². The second-order valence-electron chi connectivity index (χ2n) is 3.01. The number of hydrogen-bond donors (Lipinski definition) is 1. The molecule has 0 saturated heterocycles. The summed E-state index contributed by atoms with van der Waals surface area (Å²) in [4.78, 5) is 8.62. The van der Waals surface area contributed by atoms with Crippen LogP contribution >= 0.6 is 27.3 Å². The van der Waals surface area contributed by atoms with Gasteiger partial charge in [0.2, 0.25) is 0 Å². The van der Waals surface area contributed by atoms with Crippen molar-refractivity contribution >= 4 is 27.3 Å². The fourth-order valence-electron chi connectivity index (χ4n) is 1.22. The Morgan fingerprint density at radius 1 is 1.53 bits per heavy atom. The quantitative estimate of drug-likeness (QED) is 0.941. The zero-order valence-corrected chi connectivity index (χ0v) is 10.6. The van der Waals surface area contributed by atoms with Crippen LogP contribution in [0.3, 0.4) is 0 Å². The molecule has 0 aliphatic carbocycles. The van der Waals surface area contributed by atoms with Gasteiger partial charge in [0.15, 0.2) is 0 Å².